The first-order valence-corrected chi connectivity index (χ1v) is 9.38. The molecule has 0 heterocycles. The molecule has 0 aliphatic carbocycles. The molecule has 0 fully saturated rings. The molecular formula is C20H23NO7S. The molecule has 2 aromatic rings. The Balaban J connectivity index is 2.19. The molecule has 0 saturated heterocycles. The minimum atomic E-state index is -0.585. The van der Waals surface area contributed by atoms with Gasteiger partial charge in [-0.1, -0.05) is 6.92 Å². The molecule has 29 heavy (non-hydrogen) atoms. The molecule has 2 rings (SSSR count). The van der Waals surface area contributed by atoms with E-state index in [1.165, 1.54) is 34.5 Å². The molecule has 1 amide bonds. The number of ether oxygens (including phenoxy) is 4. The van der Waals surface area contributed by atoms with Crippen LogP contribution in [0.3, 0.4) is 0 Å². The summed E-state index contributed by atoms with van der Waals surface area (Å²) in [5.41, 5.74) is 0.656. The highest BCUT2D eigenvalue weighted by Gasteiger charge is 2.17. The number of methoxy groups -OCH3 is 4. The zero-order chi connectivity index (χ0) is 21.4. The quantitative estimate of drug-likeness (QED) is 0.609. The van der Waals surface area contributed by atoms with Gasteiger partial charge in [0.25, 0.3) is 0 Å². The lowest BCUT2D eigenvalue weighted by atomic mass is 10.2. The molecule has 0 aromatic heterocycles. The number of carbonyl (C=O) groups is 2. The molecule has 156 valence electrons. The van der Waals surface area contributed by atoms with Crippen molar-refractivity contribution in [2.24, 2.45) is 0 Å². The van der Waals surface area contributed by atoms with Gasteiger partial charge >= 0.3 is 5.97 Å². The molecule has 1 N–H and O–H groups in total. The van der Waals surface area contributed by atoms with Crippen molar-refractivity contribution in [1.82, 2.24) is 0 Å². The smallest absolute Gasteiger partial charge is 0.350 e. The van der Waals surface area contributed by atoms with Crippen molar-refractivity contribution < 1.29 is 32.7 Å². The number of benzene rings is 2. The maximum Gasteiger partial charge on any atom is 0.350 e. The van der Waals surface area contributed by atoms with Crippen molar-refractivity contribution in [1.29, 1.82) is 0 Å². The summed E-state index contributed by atoms with van der Waals surface area (Å²) in [7, 11) is 5.99. The van der Waals surface area contributed by atoms with Crippen LogP contribution < -0.4 is 24.3 Å². The van der Waals surface area contributed by atoms with E-state index in [2.05, 4.69) is 5.32 Å². The van der Waals surface area contributed by atoms with E-state index in [0.717, 1.165) is 12.0 Å². The highest BCUT2D eigenvalue weighted by atomic mass is 32.2. The monoisotopic (exact) mass is 421 g/mol. The van der Waals surface area contributed by atoms with Crippen LogP contribution in [0.1, 0.15) is 23.7 Å². The summed E-state index contributed by atoms with van der Waals surface area (Å²) in [5.74, 6) is 0.996. The van der Waals surface area contributed by atoms with Gasteiger partial charge in [0.2, 0.25) is 11.7 Å². The van der Waals surface area contributed by atoms with Crippen LogP contribution in [0.4, 0.5) is 5.69 Å². The highest BCUT2D eigenvalue weighted by molar-refractivity contribution is 7.95. The Bertz CT molecular complexity index is 860. The van der Waals surface area contributed by atoms with Gasteiger partial charge in [-0.15, -0.1) is 0 Å². The first-order valence-electron chi connectivity index (χ1n) is 8.64. The molecule has 0 saturated carbocycles. The van der Waals surface area contributed by atoms with E-state index in [-0.39, 0.29) is 11.5 Å². The highest BCUT2D eigenvalue weighted by Crippen LogP contribution is 2.41. The van der Waals surface area contributed by atoms with E-state index in [1.54, 1.807) is 31.2 Å². The number of amides is 1. The first kappa shape index (κ1) is 22.2. The number of carbonyl (C=O) groups excluding carboxylic acids is 2. The van der Waals surface area contributed by atoms with Crippen LogP contribution in [-0.2, 0) is 8.98 Å². The molecule has 0 aliphatic heterocycles. The van der Waals surface area contributed by atoms with Gasteiger partial charge in [-0.25, -0.2) is 4.79 Å². The Labute approximate surface area is 173 Å². The molecule has 8 nitrogen and oxygen atoms in total. The second-order valence-corrected chi connectivity index (χ2v) is 6.44. The second-order valence-electron chi connectivity index (χ2n) is 5.63. The van der Waals surface area contributed by atoms with Gasteiger partial charge in [-0.3, -0.25) is 4.79 Å². The Kier molecular flexibility index (Phi) is 8.02. The third kappa shape index (κ3) is 5.47. The van der Waals surface area contributed by atoms with Gasteiger partial charge in [-0.2, -0.15) is 0 Å². The van der Waals surface area contributed by atoms with Crippen LogP contribution in [0.2, 0.25) is 0 Å². The average Bonchev–Trinajstić information content (AvgIpc) is 2.76. The Morgan fingerprint density at radius 2 is 1.52 bits per heavy atom. The molecule has 0 unspecified atom stereocenters. The molecule has 0 spiro atoms. The number of rotatable bonds is 9. The molecule has 0 aliphatic rings. The summed E-state index contributed by atoms with van der Waals surface area (Å²) < 4.78 is 26.4. The van der Waals surface area contributed by atoms with Crippen LogP contribution in [0.25, 0.3) is 0 Å². The molecule has 0 atom stereocenters. The van der Waals surface area contributed by atoms with Crippen molar-refractivity contribution in [2.45, 2.75) is 18.2 Å². The number of hydrogen-bond acceptors (Lipinski definition) is 8. The fourth-order valence-corrected chi connectivity index (χ4v) is 2.99. The fourth-order valence-electron chi connectivity index (χ4n) is 2.41. The number of anilines is 1. The minimum Gasteiger partial charge on any atom is -0.495 e. The summed E-state index contributed by atoms with van der Waals surface area (Å²) in [6.45, 7) is 1.73. The summed E-state index contributed by atoms with van der Waals surface area (Å²) in [6.07, 6.45) is 0.300. The third-order valence-corrected chi connectivity index (χ3v) is 4.55. The van der Waals surface area contributed by atoms with Crippen LogP contribution >= 0.6 is 12.0 Å². The first-order chi connectivity index (χ1) is 14.0. The van der Waals surface area contributed by atoms with Gasteiger partial charge in [0.15, 0.2) is 11.5 Å². The van der Waals surface area contributed by atoms with Crippen LogP contribution in [0, 0.1) is 0 Å². The Hall–Kier alpha value is -3.07. The largest absolute Gasteiger partial charge is 0.495 e. The predicted molar refractivity (Wildman–Crippen MR) is 109 cm³/mol. The van der Waals surface area contributed by atoms with Crippen molar-refractivity contribution in [3.05, 3.63) is 35.9 Å². The van der Waals surface area contributed by atoms with Crippen molar-refractivity contribution in [2.75, 3.05) is 33.8 Å². The fraction of sp³-hybridized carbons (Fsp3) is 0.300. The summed E-state index contributed by atoms with van der Waals surface area (Å²) in [5, 5.41) is 2.70. The Morgan fingerprint density at radius 3 is 2.03 bits per heavy atom. The zero-order valence-electron chi connectivity index (χ0n) is 16.9. The molecular weight excluding hydrogens is 398 g/mol. The summed E-state index contributed by atoms with van der Waals surface area (Å²) >= 11 is 0.852. The van der Waals surface area contributed by atoms with E-state index < -0.39 is 5.97 Å². The maximum absolute atomic E-state index is 12.5. The lowest BCUT2D eigenvalue weighted by Gasteiger charge is -2.14. The zero-order valence-corrected chi connectivity index (χ0v) is 17.7. The van der Waals surface area contributed by atoms with Gasteiger partial charge in [-0.05, 0) is 18.2 Å². The maximum atomic E-state index is 12.5. The summed E-state index contributed by atoms with van der Waals surface area (Å²) in [6, 6.07) is 7.98. The van der Waals surface area contributed by atoms with Crippen molar-refractivity contribution in [3.8, 4) is 23.0 Å². The van der Waals surface area contributed by atoms with Gasteiger partial charge < -0.3 is 28.4 Å². The van der Waals surface area contributed by atoms with E-state index in [0.29, 0.717) is 40.0 Å². The lowest BCUT2D eigenvalue weighted by Crippen LogP contribution is -2.11. The van der Waals surface area contributed by atoms with E-state index in [1.807, 2.05) is 0 Å². The summed E-state index contributed by atoms with van der Waals surface area (Å²) in [4.78, 5) is 24.8. The lowest BCUT2D eigenvalue weighted by molar-refractivity contribution is -0.115. The van der Waals surface area contributed by atoms with Crippen molar-refractivity contribution in [3.63, 3.8) is 0 Å². The molecule has 0 bridgehead atoms. The second kappa shape index (κ2) is 10.5. The minimum absolute atomic E-state index is 0.194. The predicted octanol–water partition coefficient (Wildman–Crippen LogP) is 3.93. The third-order valence-electron chi connectivity index (χ3n) is 3.88. The molecule has 9 heteroatoms. The molecule has 2 aromatic carbocycles. The van der Waals surface area contributed by atoms with Gasteiger partial charge in [0.1, 0.15) is 5.75 Å². The standard InChI is InChI=1S/C20H23NO7S/c1-6-18(22)21-14-9-12(7-8-15(14)24-2)20(23)28-29-13-10-16(25-3)19(27-5)17(11-13)26-4/h7-11H,6H2,1-5H3,(H,21,22). The van der Waals surface area contributed by atoms with E-state index in [9.17, 15) is 9.59 Å². The topological polar surface area (TPSA) is 92.3 Å². The Morgan fingerprint density at radius 1 is 0.897 bits per heavy atom. The van der Waals surface area contributed by atoms with Gasteiger partial charge in [0.05, 0.1) is 56.6 Å². The van der Waals surface area contributed by atoms with Crippen LogP contribution in [0.15, 0.2) is 35.2 Å². The van der Waals surface area contributed by atoms with Gasteiger partial charge in [0, 0.05) is 18.6 Å². The van der Waals surface area contributed by atoms with E-state index in [4.69, 9.17) is 23.1 Å². The SMILES string of the molecule is CCC(=O)Nc1cc(C(=O)OSc2cc(OC)c(OC)c(OC)c2)ccc1OC. The van der Waals surface area contributed by atoms with Crippen LogP contribution in [-0.4, -0.2) is 40.3 Å². The van der Waals surface area contributed by atoms with E-state index >= 15 is 0 Å². The number of hydrogen-bond donors (Lipinski definition) is 1. The molecule has 0 radical (unpaired) electrons. The number of nitrogens with one attached hydrogen (secondary N) is 1. The van der Waals surface area contributed by atoms with Crippen LogP contribution in [0.5, 0.6) is 23.0 Å². The normalized spacial score (nSPS) is 10.1. The average molecular weight is 421 g/mol. The van der Waals surface area contributed by atoms with Crippen molar-refractivity contribution >= 4 is 29.6 Å².